The van der Waals surface area contributed by atoms with Crippen LogP contribution < -0.4 is 5.32 Å². The maximum absolute atomic E-state index is 12.2. The van der Waals surface area contributed by atoms with Crippen LogP contribution in [0.25, 0.3) is 0 Å². The fourth-order valence-corrected chi connectivity index (χ4v) is 2.75. The summed E-state index contributed by atoms with van der Waals surface area (Å²) in [7, 11) is 0. The Labute approximate surface area is 155 Å². The average Bonchev–Trinajstić information content (AvgIpc) is 2.43. The number of likely N-dealkylation sites (tertiary alicyclic amines) is 1. The monoisotopic (exact) mass is 372 g/mol. The van der Waals surface area contributed by atoms with E-state index in [1.165, 1.54) is 0 Å². The molecule has 2 amide bonds. The summed E-state index contributed by atoms with van der Waals surface area (Å²) in [5.41, 5.74) is -1.28. The van der Waals surface area contributed by atoms with Crippen molar-refractivity contribution in [1.29, 1.82) is 0 Å². The van der Waals surface area contributed by atoms with Gasteiger partial charge in [0, 0.05) is 13.1 Å². The number of carbonyl (C=O) groups excluding carboxylic acids is 2. The summed E-state index contributed by atoms with van der Waals surface area (Å²) in [5, 5.41) is 11.8. The molecule has 0 aromatic heterocycles. The second kappa shape index (κ2) is 8.60. The lowest BCUT2D eigenvalue weighted by molar-refractivity contribution is -0.140. The van der Waals surface area contributed by atoms with Gasteiger partial charge in [0.05, 0.1) is 0 Å². The summed E-state index contributed by atoms with van der Waals surface area (Å²) in [5.74, 6) is -1.16. The minimum absolute atomic E-state index is 0.0349. The Bertz CT molecular complexity index is 521. The van der Waals surface area contributed by atoms with E-state index in [2.05, 4.69) is 5.32 Å². The molecular formula is C18H32N2O6. The molecule has 1 saturated heterocycles. The first-order chi connectivity index (χ1) is 11.8. The van der Waals surface area contributed by atoms with Crippen LogP contribution in [0.2, 0.25) is 0 Å². The Hall–Kier alpha value is -1.99. The van der Waals surface area contributed by atoms with Crippen LogP contribution in [0.3, 0.4) is 0 Å². The van der Waals surface area contributed by atoms with Gasteiger partial charge >= 0.3 is 18.2 Å². The topological polar surface area (TPSA) is 105 Å². The van der Waals surface area contributed by atoms with E-state index in [0.29, 0.717) is 13.1 Å². The second-order valence-corrected chi connectivity index (χ2v) is 8.71. The second-order valence-electron chi connectivity index (χ2n) is 8.71. The number of nitrogens with one attached hydrogen (secondary N) is 1. The van der Waals surface area contributed by atoms with Crippen molar-refractivity contribution in [2.24, 2.45) is 5.92 Å². The number of aliphatic carboxylic acids is 1. The van der Waals surface area contributed by atoms with E-state index in [0.717, 1.165) is 12.8 Å². The first-order valence-electron chi connectivity index (χ1n) is 8.97. The number of hydrogen-bond donors (Lipinski definition) is 2. The minimum atomic E-state index is -1.12. The van der Waals surface area contributed by atoms with E-state index in [-0.39, 0.29) is 12.3 Å². The molecule has 0 radical (unpaired) electrons. The van der Waals surface area contributed by atoms with Crippen molar-refractivity contribution in [1.82, 2.24) is 10.2 Å². The zero-order valence-corrected chi connectivity index (χ0v) is 16.6. The van der Waals surface area contributed by atoms with Gasteiger partial charge in [0.25, 0.3) is 0 Å². The third-order valence-electron chi connectivity index (χ3n) is 3.73. The molecule has 0 bridgehead atoms. The van der Waals surface area contributed by atoms with Gasteiger partial charge in [-0.25, -0.2) is 14.4 Å². The van der Waals surface area contributed by atoms with E-state index < -0.39 is 35.4 Å². The molecule has 2 atom stereocenters. The quantitative estimate of drug-likeness (QED) is 0.786. The Morgan fingerprint density at radius 2 is 1.69 bits per heavy atom. The predicted octanol–water partition coefficient (Wildman–Crippen LogP) is 3.00. The van der Waals surface area contributed by atoms with Crippen LogP contribution in [0.5, 0.6) is 0 Å². The highest BCUT2D eigenvalue weighted by atomic mass is 16.6. The van der Waals surface area contributed by atoms with E-state index in [1.54, 1.807) is 46.4 Å². The number of amides is 2. The SMILES string of the molecule is CC(C)(C)OC(=O)N[C@@H](CC1CCCN(C(=O)OC(C)(C)C)C1)C(=O)O. The lowest BCUT2D eigenvalue weighted by Gasteiger charge is -2.35. The zero-order chi connectivity index (χ0) is 20.1. The first kappa shape index (κ1) is 22.1. The maximum atomic E-state index is 12.2. The van der Waals surface area contributed by atoms with E-state index in [9.17, 15) is 19.5 Å². The molecule has 0 aliphatic carbocycles. The van der Waals surface area contributed by atoms with E-state index in [4.69, 9.17) is 9.47 Å². The fourth-order valence-electron chi connectivity index (χ4n) is 2.75. The average molecular weight is 372 g/mol. The number of hydrogen-bond acceptors (Lipinski definition) is 5. The molecule has 1 aliphatic heterocycles. The van der Waals surface area contributed by atoms with E-state index in [1.807, 2.05) is 0 Å². The number of carbonyl (C=O) groups is 3. The molecule has 1 unspecified atom stereocenters. The summed E-state index contributed by atoms with van der Waals surface area (Å²) >= 11 is 0. The van der Waals surface area contributed by atoms with Gasteiger partial charge < -0.3 is 24.8 Å². The third-order valence-corrected chi connectivity index (χ3v) is 3.73. The van der Waals surface area contributed by atoms with Crippen molar-refractivity contribution in [3.8, 4) is 0 Å². The lowest BCUT2D eigenvalue weighted by atomic mass is 9.91. The molecule has 0 aromatic rings. The lowest BCUT2D eigenvalue weighted by Crippen LogP contribution is -2.47. The molecule has 1 fully saturated rings. The Balaban J connectivity index is 2.64. The van der Waals surface area contributed by atoms with E-state index >= 15 is 0 Å². The number of nitrogens with zero attached hydrogens (tertiary/aromatic N) is 1. The first-order valence-corrected chi connectivity index (χ1v) is 8.97. The normalized spacial score (nSPS) is 19.5. The number of rotatable bonds is 4. The van der Waals surface area contributed by atoms with Gasteiger partial charge in [0.15, 0.2) is 0 Å². The number of ether oxygens (including phenoxy) is 2. The van der Waals surface area contributed by atoms with Crippen LogP contribution in [0, 0.1) is 5.92 Å². The summed E-state index contributed by atoms with van der Waals surface area (Å²) in [4.78, 5) is 37.2. The zero-order valence-electron chi connectivity index (χ0n) is 16.6. The number of carboxylic acids is 1. The molecule has 0 saturated carbocycles. The molecular weight excluding hydrogens is 340 g/mol. The van der Waals surface area contributed by atoms with Gasteiger partial charge in [-0.1, -0.05) is 0 Å². The highest BCUT2D eigenvalue weighted by molar-refractivity contribution is 5.80. The molecule has 8 heteroatoms. The molecule has 26 heavy (non-hydrogen) atoms. The Kier molecular flexibility index (Phi) is 7.29. The Morgan fingerprint density at radius 1 is 1.12 bits per heavy atom. The standard InChI is InChI=1S/C18H32N2O6/c1-17(2,3)25-15(23)19-13(14(21)22)10-12-8-7-9-20(11-12)16(24)26-18(4,5)6/h12-13H,7-11H2,1-6H3,(H,19,23)(H,21,22)/t12?,13-/m0/s1. The number of piperidine rings is 1. The van der Waals surface area contributed by atoms with Crippen LogP contribution in [0.4, 0.5) is 9.59 Å². The van der Waals surface area contributed by atoms with Gasteiger partial charge in [-0.2, -0.15) is 0 Å². The third kappa shape index (κ3) is 8.40. The van der Waals surface area contributed by atoms with Gasteiger partial charge in [0.1, 0.15) is 17.2 Å². The number of alkyl carbamates (subject to hydrolysis) is 1. The van der Waals surface area contributed by atoms with Gasteiger partial charge in [-0.05, 0) is 66.7 Å². The summed E-state index contributed by atoms with van der Waals surface area (Å²) in [6, 6.07) is -1.06. The van der Waals surface area contributed by atoms with Gasteiger partial charge in [0.2, 0.25) is 0 Å². The van der Waals surface area contributed by atoms with Crippen LogP contribution >= 0.6 is 0 Å². The van der Waals surface area contributed by atoms with Crippen molar-refractivity contribution < 1.29 is 29.0 Å². The molecule has 1 rings (SSSR count). The predicted molar refractivity (Wildman–Crippen MR) is 95.9 cm³/mol. The highest BCUT2D eigenvalue weighted by Crippen LogP contribution is 2.23. The molecule has 0 aromatic carbocycles. The fraction of sp³-hybridized carbons (Fsp3) is 0.833. The van der Waals surface area contributed by atoms with Crippen LogP contribution in [0.15, 0.2) is 0 Å². The summed E-state index contributed by atoms with van der Waals surface area (Å²) in [6.07, 6.45) is 0.634. The summed E-state index contributed by atoms with van der Waals surface area (Å²) < 4.78 is 10.5. The molecule has 0 spiro atoms. The maximum Gasteiger partial charge on any atom is 0.410 e. The summed E-state index contributed by atoms with van der Waals surface area (Å²) in [6.45, 7) is 11.5. The molecule has 150 valence electrons. The molecule has 1 heterocycles. The van der Waals surface area contributed by atoms with Gasteiger partial charge in [-0.3, -0.25) is 0 Å². The van der Waals surface area contributed by atoms with Crippen LogP contribution in [-0.4, -0.2) is 58.5 Å². The molecule has 1 aliphatic rings. The van der Waals surface area contributed by atoms with Crippen LogP contribution in [-0.2, 0) is 14.3 Å². The van der Waals surface area contributed by atoms with Crippen molar-refractivity contribution in [3.63, 3.8) is 0 Å². The smallest absolute Gasteiger partial charge is 0.410 e. The van der Waals surface area contributed by atoms with Crippen molar-refractivity contribution >= 4 is 18.2 Å². The number of carboxylic acid groups (broad SMARTS) is 1. The Morgan fingerprint density at radius 3 is 2.19 bits per heavy atom. The molecule has 2 N–H and O–H groups in total. The minimum Gasteiger partial charge on any atom is -0.480 e. The van der Waals surface area contributed by atoms with Crippen molar-refractivity contribution in [2.75, 3.05) is 13.1 Å². The van der Waals surface area contributed by atoms with Gasteiger partial charge in [-0.15, -0.1) is 0 Å². The highest BCUT2D eigenvalue weighted by Gasteiger charge is 2.32. The largest absolute Gasteiger partial charge is 0.480 e. The van der Waals surface area contributed by atoms with Crippen molar-refractivity contribution in [3.05, 3.63) is 0 Å². The van der Waals surface area contributed by atoms with Crippen LogP contribution in [0.1, 0.15) is 60.8 Å². The van der Waals surface area contributed by atoms with Crippen molar-refractivity contribution in [2.45, 2.75) is 78.0 Å². The molecule has 8 nitrogen and oxygen atoms in total.